The van der Waals surface area contributed by atoms with E-state index in [1.807, 2.05) is 48.5 Å². The Bertz CT molecular complexity index is 1370. The second kappa shape index (κ2) is 7.05. The topological polar surface area (TPSA) is 58.9 Å². The summed E-state index contributed by atoms with van der Waals surface area (Å²) < 4.78 is 13.1. The SMILES string of the molecule is CC1(C)CCc2c(-c3c4c(c5ccccc5c3O)OC(C)(C)CC4)c(O)c3ccccc3c2O1. The standard InChI is InChI=1S/C30H30O4/c1-29(2)15-13-21-23(25(31)17-9-5-7-11-19(17)27(21)33-29)24-22-14-16-30(3,4)34-28(22)20-12-8-6-10-18(20)26(24)32/h5-12,31-32H,13-16H2,1-4H3. The van der Waals surface area contributed by atoms with Crippen molar-refractivity contribution < 1.29 is 19.7 Å². The number of phenolic OH excluding ortho intramolecular Hbond substituents is 2. The van der Waals surface area contributed by atoms with Gasteiger partial charge in [0.05, 0.1) is 0 Å². The van der Waals surface area contributed by atoms with Crippen LogP contribution in [-0.4, -0.2) is 21.4 Å². The number of phenols is 2. The van der Waals surface area contributed by atoms with Crippen LogP contribution in [0.1, 0.15) is 51.7 Å². The number of aromatic hydroxyl groups is 2. The number of hydrogen-bond donors (Lipinski definition) is 2. The summed E-state index contributed by atoms with van der Waals surface area (Å²) in [5.74, 6) is 1.99. The molecule has 174 valence electrons. The normalized spacial score (nSPS) is 18.1. The van der Waals surface area contributed by atoms with Crippen molar-refractivity contribution >= 4 is 21.5 Å². The quantitative estimate of drug-likeness (QED) is 0.317. The van der Waals surface area contributed by atoms with Crippen LogP contribution < -0.4 is 9.47 Å². The summed E-state index contributed by atoms with van der Waals surface area (Å²) in [4.78, 5) is 0. The van der Waals surface area contributed by atoms with E-state index in [4.69, 9.17) is 9.47 Å². The Balaban J connectivity index is 1.76. The number of ether oxygens (including phenoxy) is 2. The molecule has 2 N–H and O–H groups in total. The van der Waals surface area contributed by atoms with Gasteiger partial charge in [-0.05, 0) is 53.4 Å². The number of hydrogen-bond acceptors (Lipinski definition) is 4. The van der Waals surface area contributed by atoms with Crippen LogP contribution in [-0.2, 0) is 12.8 Å². The molecule has 0 saturated carbocycles. The highest BCUT2D eigenvalue weighted by molar-refractivity contribution is 6.07. The molecule has 4 aromatic carbocycles. The third-order valence-electron chi connectivity index (χ3n) is 7.44. The van der Waals surface area contributed by atoms with Gasteiger partial charge in [-0.2, -0.15) is 0 Å². The molecule has 4 heteroatoms. The van der Waals surface area contributed by atoms with E-state index in [1.54, 1.807) is 0 Å². The van der Waals surface area contributed by atoms with E-state index in [-0.39, 0.29) is 22.7 Å². The molecular formula is C30H30O4. The van der Waals surface area contributed by atoms with Crippen molar-refractivity contribution in [3.8, 4) is 34.1 Å². The van der Waals surface area contributed by atoms with E-state index >= 15 is 0 Å². The molecule has 0 unspecified atom stereocenters. The molecule has 0 amide bonds. The Labute approximate surface area is 199 Å². The third-order valence-corrected chi connectivity index (χ3v) is 7.44. The molecule has 4 aromatic rings. The maximum Gasteiger partial charge on any atom is 0.132 e. The second-order valence-corrected chi connectivity index (χ2v) is 10.9. The van der Waals surface area contributed by atoms with E-state index < -0.39 is 0 Å². The molecule has 0 radical (unpaired) electrons. The minimum Gasteiger partial charge on any atom is -0.507 e. The molecule has 0 aromatic heterocycles. The van der Waals surface area contributed by atoms with Crippen molar-refractivity contribution in [2.75, 3.05) is 0 Å². The first-order valence-electron chi connectivity index (χ1n) is 12.1. The van der Waals surface area contributed by atoms with Crippen LogP contribution in [0.5, 0.6) is 23.0 Å². The first-order chi connectivity index (χ1) is 16.2. The zero-order valence-corrected chi connectivity index (χ0v) is 20.2. The minimum absolute atomic E-state index is 0.190. The van der Waals surface area contributed by atoms with Gasteiger partial charge in [-0.1, -0.05) is 48.5 Å². The van der Waals surface area contributed by atoms with Gasteiger partial charge in [0.25, 0.3) is 0 Å². The van der Waals surface area contributed by atoms with Crippen LogP contribution >= 0.6 is 0 Å². The first-order valence-corrected chi connectivity index (χ1v) is 12.1. The average molecular weight is 455 g/mol. The number of fused-ring (bicyclic) bond motifs is 6. The summed E-state index contributed by atoms with van der Waals surface area (Å²) in [5, 5.41) is 26.6. The molecule has 0 aliphatic carbocycles. The van der Waals surface area contributed by atoms with E-state index in [1.165, 1.54) is 0 Å². The fourth-order valence-electron chi connectivity index (χ4n) is 5.64. The Morgan fingerprint density at radius 3 is 1.32 bits per heavy atom. The van der Waals surface area contributed by atoms with Crippen molar-refractivity contribution in [3.05, 3.63) is 59.7 Å². The lowest BCUT2D eigenvalue weighted by Gasteiger charge is -2.37. The largest absolute Gasteiger partial charge is 0.507 e. The maximum absolute atomic E-state index is 11.7. The highest BCUT2D eigenvalue weighted by Crippen LogP contribution is 2.56. The summed E-state index contributed by atoms with van der Waals surface area (Å²) in [5.41, 5.74) is 2.64. The highest BCUT2D eigenvalue weighted by Gasteiger charge is 2.37. The molecule has 2 aliphatic heterocycles. The number of rotatable bonds is 1. The summed E-state index contributed by atoms with van der Waals surface area (Å²) >= 11 is 0. The van der Waals surface area contributed by atoms with Crippen LogP contribution in [0.2, 0.25) is 0 Å². The molecule has 0 fully saturated rings. The lowest BCUT2D eigenvalue weighted by atomic mass is 9.81. The predicted octanol–water partition coefficient (Wildman–Crippen LogP) is 7.28. The van der Waals surface area contributed by atoms with E-state index in [0.717, 1.165) is 69.9 Å². The first kappa shape index (κ1) is 21.2. The molecule has 4 nitrogen and oxygen atoms in total. The van der Waals surface area contributed by atoms with Crippen molar-refractivity contribution in [1.82, 2.24) is 0 Å². The monoisotopic (exact) mass is 454 g/mol. The summed E-state index contributed by atoms with van der Waals surface area (Å²) in [6.45, 7) is 8.40. The average Bonchev–Trinajstić information content (AvgIpc) is 2.81. The molecule has 2 heterocycles. The van der Waals surface area contributed by atoms with Crippen LogP contribution in [0.15, 0.2) is 48.5 Å². The van der Waals surface area contributed by atoms with Crippen LogP contribution in [0.3, 0.4) is 0 Å². The van der Waals surface area contributed by atoms with Crippen LogP contribution in [0, 0.1) is 0 Å². The van der Waals surface area contributed by atoms with Gasteiger partial charge >= 0.3 is 0 Å². The lowest BCUT2D eigenvalue weighted by Crippen LogP contribution is -2.33. The molecule has 6 rings (SSSR count). The molecule has 0 saturated heterocycles. The van der Waals surface area contributed by atoms with Gasteiger partial charge in [0, 0.05) is 43.8 Å². The predicted molar refractivity (Wildman–Crippen MR) is 136 cm³/mol. The molecule has 34 heavy (non-hydrogen) atoms. The van der Waals surface area contributed by atoms with Crippen molar-refractivity contribution in [2.45, 2.75) is 64.6 Å². The highest BCUT2D eigenvalue weighted by atomic mass is 16.5. The molecule has 0 atom stereocenters. The Morgan fingerprint density at radius 1 is 0.588 bits per heavy atom. The molecule has 0 bridgehead atoms. The van der Waals surface area contributed by atoms with Gasteiger partial charge in [0.2, 0.25) is 0 Å². The third kappa shape index (κ3) is 3.04. The molecular weight excluding hydrogens is 424 g/mol. The fourth-order valence-corrected chi connectivity index (χ4v) is 5.64. The van der Waals surface area contributed by atoms with Gasteiger partial charge in [-0.3, -0.25) is 0 Å². The summed E-state index contributed by atoms with van der Waals surface area (Å²) in [6.07, 6.45) is 3.16. The minimum atomic E-state index is -0.304. The van der Waals surface area contributed by atoms with Gasteiger partial charge in [0.1, 0.15) is 34.2 Å². The van der Waals surface area contributed by atoms with Crippen molar-refractivity contribution in [2.24, 2.45) is 0 Å². The fraction of sp³-hybridized carbons (Fsp3) is 0.333. The van der Waals surface area contributed by atoms with E-state index in [0.29, 0.717) is 11.1 Å². The Morgan fingerprint density at radius 2 is 0.941 bits per heavy atom. The Kier molecular flexibility index (Phi) is 4.39. The molecule has 0 spiro atoms. The van der Waals surface area contributed by atoms with Gasteiger partial charge in [-0.25, -0.2) is 0 Å². The summed E-state index contributed by atoms with van der Waals surface area (Å²) in [6, 6.07) is 15.6. The van der Waals surface area contributed by atoms with Crippen LogP contribution in [0.4, 0.5) is 0 Å². The zero-order chi connectivity index (χ0) is 23.8. The van der Waals surface area contributed by atoms with Crippen molar-refractivity contribution in [3.63, 3.8) is 0 Å². The van der Waals surface area contributed by atoms with Crippen molar-refractivity contribution in [1.29, 1.82) is 0 Å². The number of benzene rings is 4. The molecule has 2 aliphatic rings. The smallest absolute Gasteiger partial charge is 0.132 e. The zero-order valence-electron chi connectivity index (χ0n) is 20.2. The second-order valence-electron chi connectivity index (χ2n) is 10.9. The summed E-state index contributed by atoms with van der Waals surface area (Å²) in [7, 11) is 0. The van der Waals surface area contributed by atoms with Gasteiger partial charge < -0.3 is 19.7 Å². The lowest BCUT2D eigenvalue weighted by molar-refractivity contribution is 0.0859. The van der Waals surface area contributed by atoms with Crippen LogP contribution in [0.25, 0.3) is 32.7 Å². The van der Waals surface area contributed by atoms with Gasteiger partial charge in [0.15, 0.2) is 0 Å². The Hall–Kier alpha value is -3.40. The van der Waals surface area contributed by atoms with E-state index in [2.05, 4.69) is 27.7 Å². The maximum atomic E-state index is 11.7. The van der Waals surface area contributed by atoms with E-state index in [9.17, 15) is 10.2 Å². The van der Waals surface area contributed by atoms with Gasteiger partial charge in [-0.15, -0.1) is 0 Å².